The van der Waals surface area contributed by atoms with Gasteiger partial charge in [0.25, 0.3) is 0 Å². The van der Waals surface area contributed by atoms with Crippen molar-refractivity contribution in [2.45, 2.75) is 18.9 Å². The Balaban J connectivity index is 1.97. The highest BCUT2D eigenvalue weighted by Gasteiger charge is 2.32. The molecule has 1 aliphatic heterocycles. The van der Waals surface area contributed by atoms with Gasteiger partial charge in [-0.05, 0) is 72.2 Å². The number of nitrogens with zero attached hydrogens (tertiary/aromatic N) is 1. The predicted octanol–water partition coefficient (Wildman–Crippen LogP) is 5.17. The van der Waals surface area contributed by atoms with E-state index in [1.54, 1.807) is 18.4 Å². The van der Waals surface area contributed by atoms with Crippen LogP contribution in [0, 0.1) is 5.92 Å². The smallest absolute Gasteiger partial charge is 0.306 e. The number of carboxylic acid groups (broad SMARTS) is 1. The van der Waals surface area contributed by atoms with E-state index in [4.69, 9.17) is 4.74 Å². The molecular formula is C18H19Br2NO3S. The van der Waals surface area contributed by atoms with Gasteiger partial charge in [0, 0.05) is 14.9 Å². The topological polar surface area (TPSA) is 49.8 Å². The highest BCUT2D eigenvalue weighted by atomic mass is 79.9. The van der Waals surface area contributed by atoms with Gasteiger partial charge in [-0.1, -0.05) is 15.9 Å². The molecule has 0 saturated carbocycles. The maximum atomic E-state index is 11.3. The van der Waals surface area contributed by atoms with Crippen LogP contribution in [0.2, 0.25) is 0 Å². The van der Waals surface area contributed by atoms with Crippen molar-refractivity contribution in [1.29, 1.82) is 0 Å². The Morgan fingerprint density at radius 2 is 2.00 bits per heavy atom. The van der Waals surface area contributed by atoms with Crippen LogP contribution >= 0.6 is 43.2 Å². The second kappa shape index (κ2) is 8.20. The predicted molar refractivity (Wildman–Crippen MR) is 106 cm³/mol. The molecule has 1 aromatic heterocycles. The highest BCUT2D eigenvalue weighted by Crippen LogP contribution is 2.41. The van der Waals surface area contributed by atoms with Crippen LogP contribution < -0.4 is 4.74 Å². The Bertz CT molecular complexity index is 757. The molecule has 2 heterocycles. The van der Waals surface area contributed by atoms with E-state index in [1.807, 2.05) is 12.1 Å². The van der Waals surface area contributed by atoms with Crippen LogP contribution in [0.5, 0.6) is 5.75 Å². The molecule has 0 bridgehead atoms. The molecule has 3 rings (SSSR count). The minimum atomic E-state index is -0.685. The summed E-state index contributed by atoms with van der Waals surface area (Å²) in [5, 5.41) is 9.27. The van der Waals surface area contributed by atoms with E-state index < -0.39 is 5.97 Å². The zero-order chi connectivity index (χ0) is 18.0. The first-order valence-corrected chi connectivity index (χ1v) is 10.5. The SMILES string of the molecule is COc1ccc(Br)cc1C(c1ccc(Br)s1)N1CCC(C(=O)O)CC1. The average molecular weight is 489 g/mol. The molecule has 1 saturated heterocycles. The molecule has 1 atom stereocenters. The third-order valence-electron chi connectivity index (χ3n) is 4.59. The number of carboxylic acids is 1. The molecule has 1 aromatic carbocycles. The Morgan fingerprint density at radius 1 is 1.28 bits per heavy atom. The van der Waals surface area contributed by atoms with Gasteiger partial charge in [0.15, 0.2) is 0 Å². The fourth-order valence-corrected chi connectivity index (χ4v) is 5.29. The Kier molecular flexibility index (Phi) is 6.20. The lowest BCUT2D eigenvalue weighted by Gasteiger charge is -2.37. The lowest BCUT2D eigenvalue weighted by molar-refractivity contribution is -0.143. The third kappa shape index (κ3) is 4.27. The zero-order valence-electron chi connectivity index (χ0n) is 13.7. The lowest BCUT2D eigenvalue weighted by atomic mass is 9.93. The van der Waals surface area contributed by atoms with Crippen LogP contribution in [-0.4, -0.2) is 36.2 Å². The van der Waals surface area contributed by atoms with Gasteiger partial charge in [-0.25, -0.2) is 0 Å². The fourth-order valence-electron chi connectivity index (χ4n) is 3.33. The van der Waals surface area contributed by atoms with Gasteiger partial charge in [0.05, 0.1) is 22.9 Å². The summed E-state index contributed by atoms with van der Waals surface area (Å²) >= 11 is 8.83. The highest BCUT2D eigenvalue weighted by molar-refractivity contribution is 9.11. The van der Waals surface area contributed by atoms with E-state index in [9.17, 15) is 9.90 Å². The summed E-state index contributed by atoms with van der Waals surface area (Å²) in [6.07, 6.45) is 1.35. The van der Waals surface area contributed by atoms with Crippen LogP contribution in [0.3, 0.4) is 0 Å². The van der Waals surface area contributed by atoms with E-state index in [2.05, 4.69) is 55.0 Å². The van der Waals surface area contributed by atoms with Crippen LogP contribution in [0.15, 0.2) is 38.6 Å². The monoisotopic (exact) mass is 487 g/mol. The number of carbonyl (C=O) groups is 1. The maximum absolute atomic E-state index is 11.3. The van der Waals surface area contributed by atoms with Gasteiger partial charge in [0.1, 0.15) is 5.75 Å². The number of thiophene rings is 1. The number of methoxy groups -OCH3 is 1. The fraction of sp³-hybridized carbons (Fsp3) is 0.389. The van der Waals surface area contributed by atoms with E-state index in [0.717, 1.165) is 32.7 Å². The number of hydrogen-bond donors (Lipinski definition) is 1. The molecule has 0 aliphatic carbocycles. The molecule has 2 aromatic rings. The van der Waals surface area contributed by atoms with Crippen LogP contribution in [0.4, 0.5) is 0 Å². The standard InChI is InChI=1S/C18H19Br2NO3S/c1-24-14-3-2-12(19)10-13(14)17(15-4-5-16(20)25-15)21-8-6-11(7-9-21)18(22)23/h2-5,10-11,17H,6-9H2,1H3,(H,22,23). The second-order valence-electron chi connectivity index (χ2n) is 6.08. The maximum Gasteiger partial charge on any atom is 0.306 e. The van der Waals surface area contributed by atoms with E-state index >= 15 is 0 Å². The summed E-state index contributed by atoms with van der Waals surface area (Å²) in [6, 6.07) is 10.3. The minimum Gasteiger partial charge on any atom is -0.496 e. The molecule has 7 heteroatoms. The number of benzene rings is 1. The molecular weight excluding hydrogens is 470 g/mol. The van der Waals surface area contributed by atoms with Gasteiger partial charge >= 0.3 is 5.97 Å². The number of piperidine rings is 1. The molecule has 1 unspecified atom stereocenters. The van der Waals surface area contributed by atoms with Crippen molar-refractivity contribution in [3.8, 4) is 5.75 Å². The minimum absolute atomic E-state index is 0.0542. The number of rotatable bonds is 5. The van der Waals surface area contributed by atoms with Gasteiger partial charge in [-0.3, -0.25) is 9.69 Å². The van der Waals surface area contributed by atoms with Crippen molar-refractivity contribution in [3.05, 3.63) is 49.0 Å². The lowest BCUT2D eigenvalue weighted by Crippen LogP contribution is -2.39. The molecule has 0 amide bonds. The van der Waals surface area contributed by atoms with Crippen molar-refractivity contribution in [1.82, 2.24) is 4.90 Å². The first-order valence-electron chi connectivity index (χ1n) is 8.05. The van der Waals surface area contributed by atoms with Gasteiger partial charge < -0.3 is 9.84 Å². The molecule has 0 radical (unpaired) electrons. The molecule has 1 N–H and O–H groups in total. The van der Waals surface area contributed by atoms with Gasteiger partial charge in [0.2, 0.25) is 0 Å². The molecule has 134 valence electrons. The summed E-state index contributed by atoms with van der Waals surface area (Å²) in [5.41, 5.74) is 1.10. The molecule has 4 nitrogen and oxygen atoms in total. The first-order chi connectivity index (χ1) is 12.0. The first kappa shape index (κ1) is 18.9. The number of aliphatic carboxylic acids is 1. The largest absolute Gasteiger partial charge is 0.496 e. The van der Waals surface area contributed by atoms with Crippen molar-refractivity contribution >= 4 is 49.2 Å². The summed E-state index contributed by atoms with van der Waals surface area (Å²) in [6.45, 7) is 1.51. The van der Waals surface area contributed by atoms with Gasteiger partial charge in [-0.2, -0.15) is 0 Å². The van der Waals surface area contributed by atoms with E-state index in [-0.39, 0.29) is 12.0 Å². The second-order valence-corrected chi connectivity index (χ2v) is 9.49. The number of hydrogen-bond acceptors (Lipinski definition) is 4. The molecule has 25 heavy (non-hydrogen) atoms. The van der Waals surface area contributed by atoms with Crippen molar-refractivity contribution in [2.24, 2.45) is 5.92 Å². The van der Waals surface area contributed by atoms with E-state index in [1.165, 1.54) is 4.88 Å². The zero-order valence-corrected chi connectivity index (χ0v) is 17.7. The third-order valence-corrected chi connectivity index (χ3v) is 6.76. The summed E-state index contributed by atoms with van der Waals surface area (Å²) < 4.78 is 7.70. The quantitative estimate of drug-likeness (QED) is 0.630. The average Bonchev–Trinajstić information content (AvgIpc) is 3.02. The summed E-state index contributed by atoms with van der Waals surface area (Å²) in [7, 11) is 1.69. The van der Waals surface area contributed by atoms with Crippen LogP contribution in [0.1, 0.15) is 29.3 Å². The van der Waals surface area contributed by atoms with Crippen LogP contribution in [-0.2, 0) is 4.79 Å². The number of halogens is 2. The Hall–Kier alpha value is -0.890. The van der Waals surface area contributed by atoms with Crippen LogP contribution in [0.25, 0.3) is 0 Å². The van der Waals surface area contributed by atoms with Gasteiger partial charge in [-0.15, -0.1) is 11.3 Å². The normalized spacial score (nSPS) is 17.4. The number of likely N-dealkylation sites (tertiary alicyclic amines) is 1. The Labute approximate surface area is 168 Å². The number of ether oxygens (including phenoxy) is 1. The molecule has 1 aliphatic rings. The van der Waals surface area contributed by atoms with Crippen molar-refractivity contribution in [2.75, 3.05) is 20.2 Å². The van der Waals surface area contributed by atoms with Crippen molar-refractivity contribution in [3.63, 3.8) is 0 Å². The summed E-state index contributed by atoms with van der Waals surface area (Å²) in [5.74, 6) is -0.0791. The molecule has 1 fully saturated rings. The Morgan fingerprint density at radius 3 is 2.56 bits per heavy atom. The molecule has 0 spiro atoms. The van der Waals surface area contributed by atoms with Crippen molar-refractivity contribution < 1.29 is 14.6 Å². The van der Waals surface area contributed by atoms with E-state index in [0.29, 0.717) is 12.8 Å². The summed E-state index contributed by atoms with van der Waals surface area (Å²) in [4.78, 5) is 14.9.